The van der Waals surface area contributed by atoms with Crippen molar-refractivity contribution in [2.45, 2.75) is 311 Å². The van der Waals surface area contributed by atoms with Gasteiger partial charge in [-0.25, -0.2) is 19.2 Å². The van der Waals surface area contributed by atoms with Crippen molar-refractivity contribution in [3.63, 3.8) is 0 Å². The van der Waals surface area contributed by atoms with Crippen molar-refractivity contribution in [2.75, 3.05) is 19.8 Å². The Morgan fingerprint density at radius 3 is 0.653 bits per heavy atom. The maximum atomic E-state index is 13.6. The lowest BCUT2D eigenvalue weighted by atomic mass is 9.98. The highest BCUT2D eigenvalue weighted by Crippen LogP contribution is 2.23. The molecule has 0 heterocycles. The predicted octanol–water partition coefficient (Wildman–Crippen LogP) is 20.2. The molecule has 0 amide bonds. The minimum atomic E-state index is -1.39. The molecule has 0 radical (unpaired) electrons. The van der Waals surface area contributed by atoms with Gasteiger partial charge in [0.25, 0.3) is 0 Å². The lowest BCUT2D eigenvalue weighted by molar-refractivity contribution is 0.0446. The van der Waals surface area contributed by atoms with E-state index in [4.69, 9.17) is 14.2 Å². The van der Waals surface area contributed by atoms with Gasteiger partial charge in [-0.3, -0.25) is 0 Å². The number of ether oxygens (including phenoxy) is 3. The van der Waals surface area contributed by atoms with E-state index in [1.165, 1.54) is 199 Å². The van der Waals surface area contributed by atoms with E-state index in [2.05, 4.69) is 41.5 Å². The number of hydrogen-bond donors (Lipinski definition) is 1. The smallest absolute Gasteiger partial charge is 0.339 e. The SMILES string of the molecule is CC(C)CCCCCCCCCCCCCCCOC(=O)c1cc(C(=O)OCCCCCCCCCCCCCCCC(C)C)c(C(=O)OCCCCCCCCCCCCCCCC(C)C)cc1C(=O)O. The predicted molar refractivity (Wildman–Crippen MR) is 303 cm³/mol. The number of esters is 3. The number of benzene rings is 1. The lowest BCUT2D eigenvalue weighted by Crippen LogP contribution is -2.20. The molecule has 0 atom stereocenters. The second kappa shape index (κ2) is 47.8. The fourth-order valence-electron chi connectivity index (χ4n) is 9.81. The van der Waals surface area contributed by atoms with Gasteiger partial charge in [-0.1, -0.05) is 292 Å². The van der Waals surface area contributed by atoms with E-state index in [-0.39, 0.29) is 36.5 Å². The summed E-state index contributed by atoms with van der Waals surface area (Å²) >= 11 is 0. The first-order valence-electron chi connectivity index (χ1n) is 30.9. The lowest BCUT2D eigenvalue weighted by Gasteiger charge is -2.14. The topological polar surface area (TPSA) is 116 Å². The highest BCUT2D eigenvalue weighted by molar-refractivity contribution is 6.10. The molecule has 8 nitrogen and oxygen atoms in total. The van der Waals surface area contributed by atoms with Crippen molar-refractivity contribution < 1.29 is 38.5 Å². The summed E-state index contributed by atoms with van der Waals surface area (Å²) in [6.07, 6.45) is 51.1. The van der Waals surface area contributed by atoms with Crippen LogP contribution < -0.4 is 0 Å². The molecule has 0 fully saturated rings. The first kappa shape index (κ1) is 67.1. The number of carbonyl (C=O) groups excluding carboxylic acids is 3. The third-order valence-electron chi connectivity index (χ3n) is 14.5. The van der Waals surface area contributed by atoms with E-state index >= 15 is 0 Å². The van der Waals surface area contributed by atoms with Crippen LogP contribution in [0.25, 0.3) is 0 Å². The summed E-state index contributed by atoms with van der Waals surface area (Å²) in [7, 11) is 0. The summed E-state index contributed by atoms with van der Waals surface area (Å²) in [6, 6.07) is 2.26. The Morgan fingerprint density at radius 1 is 0.292 bits per heavy atom. The van der Waals surface area contributed by atoms with Gasteiger partial charge in [0.05, 0.1) is 42.1 Å². The number of carbonyl (C=O) groups is 4. The number of hydrogen-bond acceptors (Lipinski definition) is 7. The van der Waals surface area contributed by atoms with E-state index < -0.39 is 29.4 Å². The Labute approximate surface area is 443 Å². The molecule has 0 aliphatic rings. The molecular weight excluding hydrogens is 897 g/mol. The van der Waals surface area contributed by atoms with Crippen LogP contribution in [0, 0.1) is 17.8 Å². The van der Waals surface area contributed by atoms with Gasteiger partial charge in [0, 0.05) is 0 Å². The minimum absolute atomic E-state index is 0.149. The van der Waals surface area contributed by atoms with Gasteiger partial charge < -0.3 is 19.3 Å². The number of rotatable bonds is 52. The molecule has 0 aliphatic heterocycles. The Balaban J connectivity index is 2.61. The van der Waals surface area contributed by atoms with Gasteiger partial charge in [0.15, 0.2) is 0 Å². The first-order valence-corrected chi connectivity index (χ1v) is 30.9. The van der Waals surface area contributed by atoms with Gasteiger partial charge in [-0.15, -0.1) is 0 Å². The second-order valence-electron chi connectivity index (χ2n) is 23.0. The van der Waals surface area contributed by atoms with Gasteiger partial charge in [0.1, 0.15) is 0 Å². The maximum Gasteiger partial charge on any atom is 0.339 e. The molecule has 1 aromatic rings. The van der Waals surface area contributed by atoms with E-state index in [1.807, 2.05) is 0 Å². The third kappa shape index (κ3) is 39.5. The van der Waals surface area contributed by atoms with Crippen LogP contribution in [0.1, 0.15) is 353 Å². The van der Waals surface area contributed by atoms with Gasteiger partial charge in [0.2, 0.25) is 0 Å². The monoisotopic (exact) mass is 1010 g/mol. The summed E-state index contributed by atoms with van der Waals surface area (Å²) in [5, 5.41) is 10.2. The van der Waals surface area contributed by atoms with Gasteiger partial charge >= 0.3 is 23.9 Å². The highest BCUT2D eigenvalue weighted by atomic mass is 16.5. The molecule has 1 rings (SSSR count). The molecule has 1 aromatic carbocycles. The molecular formula is C64H114O8. The average molecular weight is 1010 g/mol. The fraction of sp³-hybridized carbons (Fsp3) is 0.844. The molecule has 0 saturated carbocycles. The summed E-state index contributed by atoms with van der Waals surface area (Å²) in [6.45, 7) is 14.3. The van der Waals surface area contributed by atoms with Crippen molar-refractivity contribution in [3.05, 3.63) is 34.4 Å². The summed E-state index contributed by atoms with van der Waals surface area (Å²) < 4.78 is 16.8. The van der Waals surface area contributed by atoms with Crippen molar-refractivity contribution in [1.29, 1.82) is 0 Å². The molecule has 0 unspecified atom stereocenters. The molecule has 72 heavy (non-hydrogen) atoms. The number of unbranched alkanes of at least 4 members (excludes halogenated alkanes) is 36. The Bertz CT molecular complexity index is 1470. The van der Waals surface area contributed by atoms with Crippen LogP contribution >= 0.6 is 0 Å². The molecule has 0 aromatic heterocycles. The largest absolute Gasteiger partial charge is 0.478 e. The molecule has 0 saturated heterocycles. The Morgan fingerprint density at radius 2 is 0.458 bits per heavy atom. The van der Waals surface area contributed by atoms with Crippen LogP contribution in [0.4, 0.5) is 0 Å². The van der Waals surface area contributed by atoms with Crippen LogP contribution in [0.15, 0.2) is 12.1 Å². The van der Waals surface area contributed by atoms with E-state index in [0.717, 1.165) is 81.6 Å². The zero-order valence-corrected chi connectivity index (χ0v) is 48.0. The van der Waals surface area contributed by atoms with Gasteiger partial charge in [-0.2, -0.15) is 0 Å². The van der Waals surface area contributed by atoms with Crippen molar-refractivity contribution in [1.82, 2.24) is 0 Å². The Hall–Kier alpha value is -2.90. The highest BCUT2D eigenvalue weighted by Gasteiger charge is 2.28. The zero-order valence-electron chi connectivity index (χ0n) is 48.0. The second-order valence-corrected chi connectivity index (χ2v) is 23.0. The molecule has 0 aliphatic carbocycles. The summed E-state index contributed by atoms with van der Waals surface area (Å²) in [4.78, 5) is 53.1. The van der Waals surface area contributed by atoms with Gasteiger partial charge in [-0.05, 0) is 49.1 Å². The maximum absolute atomic E-state index is 13.6. The Kier molecular flexibility index (Phi) is 44.5. The van der Waals surface area contributed by atoms with Crippen LogP contribution in [-0.4, -0.2) is 48.8 Å². The standard InChI is InChI=1S/C64H114O8/c1-54(2)46-40-34-28-22-16-10-7-13-19-25-31-37-43-49-70-62(67)58-53-60(64(69)72-51-45-39-33-27-21-15-9-12-18-24-30-36-42-48-56(5)6)59(52-57(58)61(65)66)63(68)71-50-44-38-32-26-20-14-8-11-17-23-29-35-41-47-55(3)4/h52-56H,7-51H2,1-6H3,(H,65,66). The zero-order chi connectivity index (χ0) is 52.7. The molecule has 1 N–H and O–H groups in total. The van der Waals surface area contributed by atoms with Crippen molar-refractivity contribution in [2.24, 2.45) is 17.8 Å². The molecule has 418 valence electrons. The van der Waals surface area contributed by atoms with Crippen LogP contribution in [0.2, 0.25) is 0 Å². The normalized spacial score (nSPS) is 11.6. The molecule has 0 spiro atoms. The quantitative estimate of drug-likeness (QED) is 0.0390. The van der Waals surface area contributed by atoms with E-state index in [0.29, 0.717) is 19.3 Å². The molecule has 0 bridgehead atoms. The third-order valence-corrected chi connectivity index (χ3v) is 14.5. The van der Waals surface area contributed by atoms with Crippen LogP contribution in [0.5, 0.6) is 0 Å². The molecule has 8 heteroatoms. The number of carboxylic acid groups (broad SMARTS) is 1. The fourth-order valence-corrected chi connectivity index (χ4v) is 9.81. The summed E-state index contributed by atoms with van der Waals surface area (Å²) in [5.74, 6) is -1.34. The minimum Gasteiger partial charge on any atom is -0.478 e. The van der Waals surface area contributed by atoms with Crippen LogP contribution in [-0.2, 0) is 14.2 Å². The average Bonchev–Trinajstić information content (AvgIpc) is 3.34. The first-order chi connectivity index (χ1) is 34.9. The van der Waals surface area contributed by atoms with Crippen molar-refractivity contribution >= 4 is 23.9 Å². The number of aromatic carboxylic acids is 1. The van der Waals surface area contributed by atoms with E-state index in [1.54, 1.807) is 0 Å². The number of carboxylic acids is 1. The van der Waals surface area contributed by atoms with E-state index in [9.17, 15) is 24.3 Å². The van der Waals surface area contributed by atoms with Crippen LogP contribution in [0.3, 0.4) is 0 Å². The summed E-state index contributed by atoms with van der Waals surface area (Å²) in [5.41, 5.74) is -1.03. The van der Waals surface area contributed by atoms with Crippen molar-refractivity contribution in [3.8, 4) is 0 Å².